The van der Waals surface area contributed by atoms with E-state index in [2.05, 4.69) is 9.88 Å². The summed E-state index contributed by atoms with van der Waals surface area (Å²) in [6, 6.07) is 7.28. The number of nitro groups is 1. The molecule has 2 aromatic rings. The van der Waals surface area contributed by atoms with Crippen LogP contribution in [0.2, 0.25) is 0 Å². The van der Waals surface area contributed by atoms with Gasteiger partial charge in [-0.15, -0.1) is 0 Å². The van der Waals surface area contributed by atoms with Crippen molar-refractivity contribution in [2.45, 2.75) is 18.9 Å². The van der Waals surface area contributed by atoms with Gasteiger partial charge < -0.3 is 10.6 Å². The van der Waals surface area contributed by atoms with Crippen molar-refractivity contribution in [2.75, 3.05) is 18.5 Å². The van der Waals surface area contributed by atoms with Crippen molar-refractivity contribution in [1.82, 2.24) is 4.98 Å². The van der Waals surface area contributed by atoms with E-state index in [9.17, 15) is 10.1 Å². The van der Waals surface area contributed by atoms with Gasteiger partial charge in [0.15, 0.2) is 0 Å². The highest BCUT2D eigenvalue weighted by Gasteiger charge is 2.33. The Hall–Kier alpha value is -2.21. The number of anilines is 1. The van der Waals surface area contributed by atoms with Crippen molar-refractivity contribution in [3.63, 3.8) is 0 Å². The van der Waals surface area contributed by atoms with E-state index in [1.54, 1.807) is 18.3 Å². The van der Waals surface area contributed by atoms with E-state index in [0.717, 1.165) is 11.1 Å². The molecule has 1 fully saturated rings. The zero-order valence-electron chi connectivity index (χ0n) is 11.9. The fourth-order valence-corrected chi connectivity index (χ4v) is 2.92. The van der Waals surface area contributed by atoms with E-state index in [4.69, 9.17) is 5.73 Å². The second-order valence-corrected chi connectivity index (χ2v) is 5.51. The van der Waals surface area contributed by atoms with Gasteiger partial charge in [0, 0.05) is 43.0 Å². The van der Waals surface area contributed by atoms with Crippen molar-refractivity contribution >= 4 is 22.3 Å². The van der Waals surface area contributed by atoms with Crippen LogP contribution in [-0.2, 0) is 0 Å². The highest BCUT2D eigenvalue weighted by molar-refractivity contribution is 5.97. The number of fused-ring (bicyclic) bond motifs is 1. The number of nitro benzene ring substituents is 1. The van der Waals surface area contributed by atoms with Crippen LogP contribution < -0.4 is 10.6 Å². The van der Waals surface area contributed by atoms with Crippen LogP contribution >= 0.6 is 0 Å². The van der Waals surface area contributed by atoms with Gasteiger partial charge in [0.05, 0.1) is 4.92 Å². The molecule has 1 aromatic heterocycles. The maximum absolute atomic E-state index is 11.1. The fraction of sp³-hybridized carbons (Fsp3) is 0.400. The summed E-state index contributed by atoms with van der Waals surface area (Å²) in [5.74, 6) is 0.627. The zero-order valence-corrected chi connectivity index (χ0v) is 11.9. The van der Waals surface area contributed by atoms with E-state index in [-0.39, 0.29) is 16.7 Å². The van der Waals surface area contributed by atoms with E-state index < -0.39 is 0 Å². The van der Waals surface area contributed by atoms with Gasteiger partial charge in [-0.2, -0.15) is 0 Å². The Morgan fingerprint density at radius 2 is 2.24 bits per heavy atom. The van der Waals surface area contributed by atoms with E-state index in [1.807, 2.05) is 13.1 Å². The molecule has 110 valence electrons. The maximum Gasteiger partial charge on any atom is 0.295 e. The Bertz CT molecular complexity index is 684. The van der Waals surface area contributed by atoms with Gasteiger partial charge in [-0.1, -0.05) is 0 Å². The third-order valence-electron chi connectivity index (χ3n) is 4.21. The molecule has 0 aliphatic heterocycles. The largest absolute Gasteiger partial charge is 0.370 e. The number of benzene rings is 1. The summed E-state index contributed by atoms with van der Waals surface area (Å²) in [7, 11) is 2.00. The van der Waals surface area contributed by atoms with Gasteiger partial charge in [-0.25, -0.2) is 4.98 Å². The lowest BCUT2D eigenvalue weighted by molar-refractivity contribution is -0.383. The molecule has 6 heteroatoms. The number of hydrogen-bond donors (Lipinski definition) is 1. The summed E-state index contributed by atoms with van der Waals surface area (Å²) < 4.78 is 0. The smallest absolute Gasteiger partial charge is 0.295 e. The summed E-state index contributed by atoms with van der Waals surface area (Å²) >= 11 is 0. The van der Waals surface area contributed by atoms with Crippen LogP contribution in [-0.4, -0.2) is 29.5 Å². The summed E-state index contributed by atoms with van der Waals surface area (Å²) in [6.07, 6.45) is 3.99. The van der Waals surface area contributed by atoms with Crippen LogP contribution in [0.5, 0.6) is 0 Å². The van der Waals surface area contributed by atoms with Crippen LogP contribution in [0.4, 0.5) is 11.4 Å². The average molecular weight is 286 g/mol. The lowest BCUT2D eigenvalue weighted by atomic mass is 10.1. The van der Waals surface area contributed by atoms with Crippen LogP contribution in [0.3, 0.4) is 0 Å². The Labute approximate surface area is 122 Å². The average Bonchev–Trinajstić information content (AvgIpc) is 3.31. The number of rotatable bonds is 5. The first kappa shape index (κ1) is 13.8. The monoisotopic (exact) mass is 286 g/mol. The topological polar surface area (TPSA) is 85.3 Å². The molecule has 1 aromatic carbocycles. The fourth-order valence-electron chi connectivity index (χ4n) is 2.92. The third-order valence-corrected chi connectivity index (χ3v) is 4.21. The van der Waals surface area contributed by atoms with Gasteiger partial charge in [-0.05, 0) is 37.0 Å². The van der Waals surface area contributed by atoms with Crippen LogP contribution in [0.15, 0.2) is 30.5 Å². The Morgan fingerprint density at radius 1 is 1.48 bits per heavy atom. The second kappa shape index (κ2) is 5.29. The van der Waals surface area contributed by atoms with E-state index in [0.29, 0.717) is 18.0 Å². The van der Waals surface area contributed by atoms with Crippen LogP contribution in [0, 0.1) is 16.0 Å². The Kier molecular flexibility index (Phi) is 3.47. The number of aromatic nitrogens is 1. The first-order valence-electron chi connectivity index (χ1n) is 7.08. The molecular formula is C15H18N4O2. The highest BCUT2D eigenvalue weighted by atomic mass is 16.6. The quantitative estimate of drug-likeness (QED) is 0.673. The molecular weight excluding hydrogens is 268 g/mol. The summed E-state index contributed by atoms with van der Waals surface area (Å²) in [6.45, 7) is 0.583. The van der Waals surface area contributed by atoms with Crippen molar-refractivity contribution in [2.24, 2.45) is 11.7 Å². The van der Waals surface area contributed by atoms with Crippen molar-refractivity contribution < 1.29 is 4.92 Å². The molecule has 1 unspecified atom stereocenters. The predicted octanol–water partition coefficient (Wildman–Crippen LogP) is 2.32. The number of hydrogen-bond acceptors (Lipinski definition) is 5. The molecule has 1 aliphatic rings. The van der Waals surface area contributed by atoms with Gasteiger partial charge in [0.1, 0.15) is 5.52 Å². The first-order valence-corrected chi connectivity index (χ1v) is 7.08. The SMILES string of the molecule is CN(c1ccc([N+](=O)[O-])c2ncccc12)C(CN)C1CC1. The molecule has 0 amide bonds. The third kappa shape index (κ3) is 2.42. The normalized spacial score (nSPS) is 15.9. The van der Waals surface area contributed by atoms with Gasteiger partial charge in [-0.3, -0.25) is 10.1 Å². The number of nitrogens with zero attached hydrogens (tertiary/aromatic N) is 3. The molecule has 0 bridgehead atoms. The summed E-state index contributed by atoms with van der Waals surface area (Å²) in [4.78, 5) is 17.1. The molecule has 0 radical (unpaired) electrons. The molecule has 1 heterocycles. The van der Waals surface area contributed by atoms with Gasteiger partial charge in [0.25, 0.3) is 5.69 Å². The van der Waals surface area contributed by atoms with Crippen molar-refractivity contribution in [3.05, 3.63) is 40.6 Å². The van der Waals surface area contributed by atoms with Gasteiger partial charge >= 0.3 is 0 Å². The van der Waals surface area contributed by atoms with Crippen LogP contribution in [0.1, 0.15) is 12.8 Å². The lowest BCUT2D eigenvalue weighted by Gasteiger charge is -2.30. The van der Waals surface area contributed by atoms with Crippen molar-refractivity contribution in [1.29, 1.82) is 0 Å². The molecule has 2 N–H and O–H groups in total. The molecule has 6 nitrogen and oxygen atoms in total. The predicted molar refractivity (Wildman–Crippen MR) is 82.4 cm³/mol. The number of non-ortho nitro benzene ring substituents is 1. The van der Waals surface area contributed by atoms with Crippen LogP contribution in [0.25, 0.3) is 10.9 Å². The standard InChI is InChI=1S/C15H18N4O2/c1-18(14(9-16)10-4-5-10)12-6-7-13(19(20)21)15-11(12)3-2-8-17-15/h2-3,6-8,10,14H,4-5,9,16H2,1H3. The van der Waals surface area contributed by atoms with Crippen molar-refractivity contribution in [3.8, 4) is 0 Å². The number of nitrogens with two attached hydrogens (primary N) is 1. The molecule has 21 heavy (non-hydrogen) atoms. The minimum Gasteiger partial charge on any atom is -0.370 e. The molecule has 3 rings (SSSR count). The minimum atomic E-state index is -0.388. The molecule has 1 saturated carbocycles. The molecule has 1 aliphatic carbocycles. The summed E-state index contributed by atoms with van der Waals surface area (Å²) in [5, 5.41) is 11.9. The zero-order chi connectivity index (χ0) is 15.0. The maximum atomic E-state index is 11.1. The highest BCUT2D eigenvalue weighted by Crippen LogP contribution is 2.38. The van der Waals surface area contributed by atoms with Gasteiger partial charge in [0.2, 0.25) is 0 Å². The summed E-state index contributed by atoms with van der Waals surface area (Å²) in [5.41, 5.74) is 7.33. The Balaban J connectivity index is 2.10. The first-order chi connectivity index (χ1) is 10.1. The molecule has 0 saturated heterocycles. The number of pyridine rings is 1. The minimum absolute atomic E-state index is 0.0403. The number of likely N-dealkylation sites (N-methyl/N-ethyl adjacent to an activating group) is 1. The lowest BCUT2D eigenvalue weighted by Crippen LogP contribution is -2.39. The molecule has 1 atom stereocenters. The Morgan fingerprint density at radius 3 is 2.86 bits per heavy atom. The van der Waals surface area contributed by atoms with E-state index >= 15 is 0 Å². The molecule has 0 spiro atoms. The second-order valence-electron chi connectivity index (χ2n) is 5.51. The van der Waals surface area contributed by atoms with E-state index in [1.165, 1.54) is 18.9 Å².